The highest BCUT2D eigenvalue weighted by atomic mass is 19.1. The number of hydrogen-bond acceptors (Lipinski definition) is 3. The van der Waals surface area contributed by atoms with Crippen molar-refractivity contribution in [1.29, 1.82) is 0 Å². The van der Waals surface area contributed by atoms with Gasteiger partial charge in [0.1, 0.15) is 11.6 Å². The summed E-state index contributed by atoms with van der Waals surface area (Å²) in [6.45, 7) is 3.09. The Hall–Kier alpha value is -2.31. The quantitative estimate of drug-likeness (QED) is 0.674. The molecular formula is C27H31F2NO3. The van der Waals surface area contributed by atoms with E-state index in [2.05, 4.69) is 0 Å². The maximum absolute atomic E-state index is 14.0. The number of rotatable bonds is 4. The number of piperidine rings is 1. The molecule has 0 unspecified atom stereocenters. The second-order valence-electron chi connectivity index (χ2n) is 9.97. The third-order valence-electron chi connectivity index (χ3n) is 7.88. The molecule has 0 aromatic heterocycles. The van der Waals surface area contributed by atoms with Gasteiger partial charge >= 0.3 is 0 Å². The normalized spacial score (nSPS) is 24.2. The molecule has 3 saturated heterocycles. The molecule has 33 heavy (non-hydrogen) atoms. The molecule has 1 amide bonds. The zero-order chi connectivity index (χ0) is 22.9. The fourth-order valence-electron chi connectivity index (χ4n) is 5.92. The maximum Gasteiger partial charge on any atom is 0.233 e. The summed E-state index contributed by atoms with van der Waals surface area (Å²) in [6.07, 6.45) is 4.69. The van der Waals surface area contributed by atoms with Gasteiger partial charge in [-0.15, -0.1) is 0 Å². The fourth-order valence-corrected chi connectivity index (χ4v) is 5.92. The van der Waals surface area contributed by atoms with Crippen molar-refractivity contribution in [3.8, 4) is 0 Å². The molecule has 3 heterocycles. The summed E-state index contributed by atoms with van der Waals surface area (Å²) >= 11 is 0. The number of nitrogens with zero attached hydrogens (tertiary/aromatic N) is 1. The van der Waals surface area contributed by atoms with Crippen molar-refractivity contribution >= 4 is 5.91 Å². The Kier molecular flexibility index (Phi) is 6.23. The van der Waals surface area contributed by atoms with E-state index < -0.39 is 5.41 Å². The van der Waals surface area contributed by atoms with Gasteiger partial charge in [-0.1, -0.05) is 24.3 Å². The van der Waals surface area contributed by atoms with Gasteiger partial charge in [0.05, 0.1) is 18.1 Å². The number of benzene rings is 2. The molecule has 3 fully saturated rings. The SMILES string of the molecule is O=C(N1CCC2(CC1)CO[C@@H](Cc1cccc(F)c1)C2)C1(c2cccc(F)c2)CCOCC1. The molecule has 0 N–H and O–H groups in total. The molecule has 3 aliphatic heterocycles. The third-order valence-corrected chi connectivity index (χ3v) is 7.88. The van der Waals surface area contributed by atoms with Crippen LogP contribution < -0.4 is 0 Å². The van der Waals surface area contributed by atoms with Crippen LogP contribution in [0.25, 0.3) is 0 Å². The Bertz CT molecular complexity index is 996. The van der Waals surface area contributed by atoms with Crippen LogP contribution in [0.15, 0.2) is 48.5 Å². The van der Waals surface area contributed by atoms with Crippen molar-refractivity contribution in [2.75, 3.05) is 32.9 Å². The van der Waals surface area contributed by atoms with Gasteiger partial charge in [0.2, 0.25) is 5.91 Å². The molecule has 4 nitrogen and oxygen atoms in total. The lowest BCUT2D eigenvalue weighted by molar-refractivity contribution is -0.143. The van der Waals surface area contributed by atoms with Crippen molar-refractivity contribution in [1.82, 2.24) is 4.90 Å². The zero-order valence-corrected chi connectivity index (χ0v) is 18.9. The minimum atomic E-state index is -0.711. The molecule has 0 radical (unpaired) electrons. The number of likely N-dealkylation sites (tertiary alicyclic amines) is 1. The first-order chi connectivity index (χ1) is 16.0. The monoisotopic (exact) mass is 455 g/mol. The van der Waals surface area contributed by atoms with Crippen LogP contribution in [0.4, 0.5) is 8.78 Å². The first-order valence-electron chi connectivity index (χ1n) is 12.0. The summed E-state index contributed by atoms with van der Waals surface area (Å²) in [6, 6.07) is 13.2. The summed E-state index contributed by atoms with van der Waals surface area (Å²) < 4.78 is 39.2. The molecule has 0 aliphatic carbocycles. The number of halogens is 2. The highest BCUT2D eigenvalue weighted by Gasteiger charge is 2.48. The molecule has 1 atom stereocenters. The summed E-state index contributed by atoms with van der Waals surface area (Å²) in [4.78, 5) is 15.8. The summed E-state index contributed by atoms with van der Waals surface area (Å²) in [5.74, 6) is -0.426. The third kappa shape index (κ3) is 4.56. The summed E-state index contributed by atoms with van der Waals surface area (Å²) in [7, 11) is 0. The lowest BCUT2D eigenvalue weighted by Gasteiger charge is -2.44. The highest BCUT2D eigenvalue weighted by molar-refractivity contribution is 5.88. The van der Waals surface area contributed by atoms with Gasteiger partial charge in [-0.25, -0.2) is 8.78 Å². The Morgan fingerprint density at radius 2 is 1.67 bits per heavy atom. The molecular weight excluding hydrogens is 424 g/mol. The van der Waals surface area contributed by atoms with Crippen LogP contribution in [0.5, 0.6) is 0 Å². The van der Waals surface area contributed by atoms with Gasteiger partial charge in [-0.05, 0) is 79.3 Å². The Morgan fingerprint density at radius 3 is 2.36 bits per heavy atom. The molecule has 0 bridgehead atoms. The molecule has 5 rings (SSSR count). The Balaban J connectivity index is 1.25. The van der Waals surface area contributed by atoms with Gasteiger partial charge in [0.15, 0.2) is 0 Å². The van der Waals surface area contributed by atoms with E-state index in [0.717, 1.165) is 30.4 Å². The molecule has 6 heteroatoms. The van der Waals surface area contributed by atoms with Crippen LogP contribution in [-0.4, -0.2) is 49.8 Å². The summed E-state index contributed by atoms with van der Waals surface area (Å²) in [5, 5.41) is 0. The van der Waals surface area contributed by atoms with E-state index in [9.17, 15) is 13.6 Å². The standard InChI is InChI=1S/C27H31F2NO3/c28-22-5-1-3-20(15-22)16-24-18-26(19-33-24)7-11-30(12-8-26)25(31)27(9-13-32-14-10-27)21-4-2-6-23(29)17-21/h1-6,15,17,24H,7-14,16,18-19H2/t24-/m0/s1. The molecule has 3 aliphatic rings. The van der Waals surface area contributed by atoms with Crippen LogP contribution >= 0.6 is 0 Å². The first kappa shape index (κ1) is 22.5. The zero-order valence-electron chi connectivity index (χ0n) is 18.9. The lowest BCUT2D eigenvalue weighted by Crippen LogP contribution is -2.53. The number of hydrogen-bond donors (Lipinski definition) is 0. The van der Waals surface area contributed by atoms with Crippen molar-refractivity contribution in [3.05, 3.63) is 71.3 Å². The van der Waals surface area contributed by atoms with E-state index in [4.69, 9.17) is 9.47 Å². The van der Waals surface area contributed by atoms with E-state index in [1.54, 1.807) is 18.2 Å². The second-order valence-corrected chi connectivity index (χ2v) is 9.97. The number of carbonyl (C=O) groups is 1. The van der Waals surface area contributed by atoms with Crippen LogP contribution in [0.2, 0.25) is 0 Å². The molecule has 0 saturated carbocycles. The lowest BCUT2D eigenvalue weighted by atomic mass is 9.71. The second kappa shape index (κ2) is 9.15. The predicted octanol–water partition coefficient (Wildman–Crippen LogP) is 4.65. The Labute approximate surface area is 193 Å². The van der Waals surface area contributed by atoms with Crippen LogP contribution in [-0.2, 0) is 26.1 Å². The molecule has 2 aromatic carbocycles. The smallest absolute Gasteiger partial charge is 0.233 e. The number of carbonyl (C=O) groups excluding carboxylic acids is 1. The number of ether oxygens (including phenoxy) is 2. The van der Waals surface area contributed by atoms with Gasteiger partial charge in [-0.3, -0.25) is 4.79 Å². The molecule has 2 aromatic rings. The maximum atomic E-state index is 14.0. The van der Waals surface area contributed by atoms with E-state index in [-0.39, 0.29) is 29.1 Å². The average Bonchev–Trinajstić information content (AvgIpc) is 3.21. The minimum absolute atomic E-state index is 0.0798. The average molecular weight is 456 g/mol. The van der Waals surface area contributed by atoms with E-state index in [1.165, 1.54) is 18.2 Å². The van der Waals surface area contributed by atoms with Gasteiger partial charge < -0.3 is 14.4 Å². The first-order valence-corrected chi connectivity index (χ1v) is 12.0. The van der Waals surface area contributed by atoms with Gasteiger partial charge in [0, 0.05) is 26.3 Å². The fraction of sp³-hybridized carbons (Fsp3) is 0.519. The van der Waals surface area contributed by atoms with E-state index >= 15 is 0 Å². The molecule has 1 spiro atoms. The number of amides is 1. The molecule has 176 valence electrons. The van der Waals surface area contributed by atoms with Crippen LogP contribution in [0, 0.1) is 17.0 Å². The Morgan fingerprint density at radius 1 is 0.970 bits per heavy atom. The van der Waals surface area contributed by atoms with Crippen molar-refractivity contribution in [2.24, 2.45) is 5.41 Å². The van der Waals surface area contributed by atoms with Crippen molar-refractivity contribution in [3.63, 3.8) is 0 Å². The van der Waals surface area contributed by atoms with Crippen molar-refractivity contribution in [2.45, 2.75) is 50.0 Å². The predicted molar refractivity (Wildman–Crippen MR) is 121 cm³/mol. The van der Waals surface area contributed by atoms with Gasteiger partial charge in [-0.2, -0.15) is 0 Å². The van der Waals surface area contributed by atoms with E-state index in [0.29, 0.717) is 52.2 Å². The topological polar surface area (TPSA) is 38.8 Å². The van der Waals surface area contributed by atoms with Crippen molar-refractivity contribution < 1.29 is 23.0 Å². The van der Waals surface area contributed by atoms with Crippen LogP contribution in [0.3, 0.4) is 0 Å². The van der Waals surface area contributed by atoms with E-state index in [1.807, 2.05) is 17.0 Å². The van der Waals surface area contributed by atoms with Gasteiger partial charge in [0.25, 0.3) is 0 Å². The highest BCUT2D eigenvalue weighted by Crippen LogP contribution is 2.44. The minimum Gasteiger partial charge on any atom is -0.381 e. The summed E-state index contributed by atoms with van der Waals surface area (Å²) in [5.41, 5.74) is 1.09. The van der Waals surface area contributed by atoms with Crippen LogP contribution in [0.1, 0.15) is 43.2 Å². The largest absolute Gasteiger partial charge is 0.381 e.